The van der Waals surface area contributed by atoms with Crippen molar-refractivity contribution in [2.24, 2.45) is 0 Å². The van der Waals surface area contributed by atoms with Crippen LogP contribution in [0.1, 0.15) is 28.7 Å². The minimum atomic E-state index is 0.120. The molecule has 1 N–H and O–H groups in total. The van der Waals surface area contributed by atoms with Crippen molar-refractivity contribution in [1.82, 2.24) is 24.8 Å². The largest absolute Gasteiger partial charge is 0.348 e. The highest BCUT2D eigenvalue weighted by Gasteiger charge is 2.31. The van der Waals surface area contributed by atoms with Gasteiger partial charge in [-0.25, -0.2) is 4.98 Å². The van der Waals surface area contributed by atoms with Crippen LogP contribution >= 0.6 is 0 Å². The summed E-state index contributed by atoms with van der Waals surface area (Å²) in [4.78, 5) is 19.4. The van der Waals surface area contributed by atoms with Gasteiger partial charge in [-0.1, -0.05) is 36.4 Å². The minimum Gasteiger partial charge on any atom is -0.348 e. The molecule has 5 rings (SSSR count). The number of nitrogens with one attached hydrogen (secondary N) is 1. The predicted octanol–water partition coefficient (Wildman–Crippen LogP) is 4.01. The van der Waals surface area contributed by atoms with Crippen molar-refractivity contribution in [3.63, 3.8) is 0 Å². The molecule has 28 heavy (non-hydrogen) atoms. The van der Waals surface area contributed by atoms with Crippen LogP contribution in [0.15, 0.2) is 79.4 Å². The average molecular weight is 367 g/mol. The Bertz CT molecular complexity index is 1040. The number of pyridine rings is 2. The third-order valence-electron chi connectivity index (χ3n) is 5.30. The molecule has 0 bridgehead atoms. The van der Waals surface area contributed by atoms with E-state index in [-0.39, 0.29) is 6.04 Å². The first kappa shape index (κ1) is 16.8. The molecule has 0 unspecified atom stereocenters. The zero-order valence-corrected chi connectivity index (χ0v) is 15.5. The topological polar surface area (TPSA) is 57.7 Å². The van der Waals surface area contributed by atoms with Crippen LogP contribution in [-0.2, 0) is 13.0 Å². The summed E-state index contributed by atoms with van der Waals surface area (Å²) in [5, 5.41) is 0. The second kappa shape index (κ2) is 7.37. The van der Waals surface area contributed by atoms with Gasteiger partial charge in [-0.3, -0.25) is 14.9 Å². The number of nitrogens with zero attached hydrogens (tertiary/aromatic N) is 4. The van der Waals surface area contributed by atoms with Crippen molar-refractivity contribution < 1.29 is 0 Å². The first-order valence-corrected chi connectivity index (χ1v) is 9.56. The van der Waals surface area contributed by atoms with Crippen LogP contribution in [0.5, 0.6) is 0 Å². The van der Waals surface area contributed by atoms with Gasteiger partial charge in [-0.15, -0.1) is 0 Å². The van der Waals surface area contributed by atoms with E-state index >= 15 is 0 Å². The van der Waals surface area contributed by atoms with E-state index in [0.29, 0.717) is 0 Å². The Hall–Kier alpha value is -3.31. The summed E-state index contributed by atoms with van der Waals surface area (Å²) in [6.07, 6.45) is 6.47. The van der Waals surface area contributed by atoms with Gasteiger partial charge in [0, 0.05) is 43.2 Å². The van der Waals surface area contributed by atoms with Crippen LogP contribution in [0.25, 0.3) is 11.3 Å². The van der Waals surface area contributed by atoms with Crippen LogP contribution in [0.4, 0.5) is 0 Å². The maximum atomic E-state index is 4.66. The average Bonchev–Trinajstić information content (AvgIpc) is 3.24. The third kappa shape index (κ3) is 3.21. The molecule has 0 aliphatic carbocycles. The van der Waals surface area contributed by atoms with E-state index in [4.69, 9.17) is 0 Å². The van der Waals surface area contributed by atoms with Crippen LogP contribution in [0, 0.1) is 0 Å². The fraction of sp³-hybridized carbons (Fsp3) is 0.174. The number of hydrogen-bond donors (Lipinski definition) is 1. The first-order valence-electron chi connectivity index (χ1n) is 9.56. The number of benzene rings is 1. The summed E-state index contributed by atoms with van der Waals surface area (Å²) in [6, 6.07) is 20.9. The van der Waals surface area contributed by atoms with Gasteiger partial charge in [0.1, 0.15) is 0 Å². The lowest BCUT2D eigenvalue weighted by Gasteiger charge is -2.35. The lowest BCUT2D eigenvalue weighted by molar-refractivity contribution is 0.198. The summed E-state index contributed by atoms with van der Waals surface area (Å²) in [5.41, 5.74) is 6.78. The molecule has 0 radical (unpaired) electrons. The van der Waals surface area contributed by atoms with Gasteiger partial charge in [-0.2, -0.15) is 0 Å². The Morgan fingerprint density at radius 1 is 0.893 bits per heavy atom. The second-order valence-electron chi connectivity index (χ2n) is 7.05. The van der Waals surface area contributed by atoms with Crippen molar-refractivity contribution in [3.05, 3.63) is 102 Å². The zero-order chi connectivity index (χ0) is 18.8. The van der Waals surface area contributed by atoms with Crippen LogP contribution < -0.4 is 0 Å². The van der Waals surface area contributed by atoms with Gasteiger partial charge in [-0.05, 0) is 29.8 Å². The molecule has 3 aromatic heterocycles. The van der Waals surface area contributed by atoms with E-state index < -0.39 is 0 Å². The van der Waals surface area contributed by atoms with Crippen molar-refractivity contribution in [2.45, 2.75) is 19.0 Å². The number of fused-ring (bicyclic) bond motifs is 1. The van der Waals surface area contributed by atoms with E-state index in [9.17, 15) is 0 Å². The monoisotopic (exact) mass is 367 g/mol. The summed E-state index contributed by atoms with van der Waals surface area (Å²) < 4.78 is 0. The van der Waals surface area contributed by atoms with Crippen LogP contribution in [0.2, 0.25) is 0 Å². The summed E-state index contributed by atoms with van der Waals surface area (Å²) in [6.45, 7) is 1.78. The zero-order valence-electron chi connectivity index (χ0n) is 15.5. The molecule has 1 aliphatic heterocycles. The second-order valence-corrected chi connectivity index (χ2v) is 7.05. The molecular weight excluding hydrogens is 346 g/mol. The summed E-state index contributed by atoms with van der Waals surface area (Å²) >= 11 is 0. The number of imidazole rings is 1. The highest BCUT2D eigenvalue weighted by atomic mass is 15.2. The molecule has 138 valence electrons. The van der Waals surface area contributed by atoms with E-state index in [1.807, 2.05) is 49.1 Å². The molecular formula is C23H21N5. The summed E-state index contributed by atoms with van der Waals surface area (Å²) in [7, 11) is 0. The maximum absolute atomic E-state index is 4.66. The molecule has 1 atom stereocenters. The van der Waals surface area contributed by atoms with Gasteiger partial charge < -0.3 is 4.98 Å². The van der Waals surface area contributed by atoms with E-state index in [0.717, 1.165) is 42.2 Å². The van der Waals surface area contributed by atoms with Crippen molar-refractivity contribution in [3.8, 4) is 11.3 Å². The fourth-order valence-electron chi connectivity index (χ4n) is 3.93. The van der Waals surface area contributed by atoms with Crippen molar-refractivity contribution in [2.75, 3.05) is 6.54 Å². The van der Waals surface area contributed by atoms with Gasteiger partial charge in [0.05, 0.1) is 29.5 Å². The number of aromatic amines is 1. The molecule has 0 saturated heterocycles. The standard InChI is InChI=1S/C23H21N5/c1-3-12-24-19(5-1)15-28-14-11-21-22(27-16-26-21)23(28)18-9-7-17(8-10-18)20-6-2-4-13-25-20/h1-10,12-13,16,23H,11,14-15H2,(H,26,27)/t23-/m0/s1. The Morgan fingerprint density at radius 3 is 2.46 bits per heavy atom. The Balaban J connectivity index is 1.49. The first-order chi connectivity index (χ1) is 13.9. The third-order valence-corrected chi connectivity index (χ3v) is 5.30. The van der Waals surface area contributed by atoms with Gasteiger partial charge in [0.2, 0.25) is 0 Å². The Morgan fingerprint density at radius 2 is 1.71 bits per heavy atom. The minimum absolute atomic E-state index is 0.120. The molecule has 5 heteroatoms. The SMILES string of the molecule is c1ccc(CN2CCc3[nH]cnc3[C@@H]2c2ccc(-c3ccccn3)cc2)nc1. The Labute approximate surface area is 164 Å². The number of aromatic nitrogens is 4. The molecule has 4 aromatic rings. The molecule has 0 saturated carbocycles. The normalized spacial score (nSPS) is 16.6. The molecule has 0 amide bonds. The van der Waals surface area contributed by atoms with Gasteiger partial charge >= 0.3 is 0 Å². The van der Waals surface area contributed by atoms with Crippen molar-refractivity contribution >= 4 is 0 Å². The molecule has 0 fully saturated rings. The Kier molecular flexibility index (Phi) is 4.43. The predicted molar refractivity (Wildman–Crippen MR) is 108 cm³/mol. The van der Waals surface area contributed by atoms with Crippen molar-refractivity contribution in [1.29, 1.82) is 0 Å². The highest BCUT2D eigenvalue weighted by Crippen LogP contribution is 2.35. The number of H-pyrrole nitrogens is 1. The number of hydrogen-bond acceptors (Lipinski definition) is 4. The number of rotatable bonds is 4. The van der Waals surface area contributed by atoms with Gasteiger partial charge in [0.15, 0.2) is 0 Å². The molecule has 1 aromatic carbocycles. The smallest absolute Gasteiger partial charge is 0.0926 e. The molecule has 5 nitrogen and oxygen atoms in total. The lowest BCUT2D eigenvalue weighted by Crippen LogP contribution is -2.36. The van der Waals surface area contributed by atoms with E-state index in [1.54, 1.807) is 0 Å². The van der Waals surface area contributed by atoms with Gasteiger partial charge in [0.25, 0.3) is 0 Å². The maximum Gasteiger partial charge on any atom is 0.0926 e. The van der Waals surface area contributed by atoms with Crippen LogP contribution in [0.3, 0.4) is 0 Å². The van der Waals surface area contributed by atoms with Crippen LogP contribution in [-0.4, -0.2) is 31.4 Å². The quantitative estimate of drug-likeness (QED) is 0.592. The van der Waals surface area contributed by atoms with E-state index in [1.165, 1.54) is 11.3 Å². The summed E-state index contributed by atoms with van der Waals surface area (Å²) in [5.74, 6) is 0. The fourth-order valence-corrected chi connectivity index (χ4v) is 3.93. The molecule has 1 aliphatic rings. The lowest BCUT2D eigenvalue weighted by atomic mass is 9.94. The highest BCUT2D eigenvalue weighted by molar-refractivity contribution is 5.59. The van der Waals surface area contributed by atoms with E-state index in [2.05, 4.69) is 55.2 Å². The molecule has 0 spiro atoms. The molecule has 4 heterocycles.